The molecule has 1 heterocycles. The second-order valence-electron chi connectivity index (χ2n) is 4.76. The molecule has 2 aliphatic rings. The van der Waals surface area contributed by atoms with Gasteiger partial charge in [0.15, 0.2) is 0 Å². The minimum Gasteiger partial charge on any atom is -0.497 e. The number of allylic oxidation sites excluding steroid dienone is 3. The van der Waals surface area contributed by atoms with Gasteiger partial charge in [-0.1, -0.05) is 18.2 Å². The van der Waals surface area contributed by atoms with E-state index >= 15 is 0 Å². The Kier molecular flexibility index (Phi) is 4.99. The van der Waals surface area contributed by atoms with E-state index in [0.29, 0.717) is 0 Å². The number of thioether (sulfide) groups is 2. The van der Waals surface area contributed by atoms with Gasteiger partial charge < -0.3 is 9.47 Å². The Balaban J connectivity index is 1.98. The number of ether oxygens (including phenoxy) is 2. The Labute approximate surface area is 134 Å². The molecule has 0 bridgehead atoms. The quantitative estimate of drug-likeness (QED) is 0.750. The first-order valence-corrected chi connectivity index (χ1v) is 9.12. The summed E-state index contributed by atoms with van der Waals surface area (Å²) in [6.07, 6.45) is 7.02. The van der Waals surface area contributed by atoms with Gasteiger partial charge in [0.2, 0.25) is 0 Å². The van der Waals surface area contributed by atoms with Crippen LogP contribution in [0.2, 0.25) is 0 Å². The van der Waals surface area contributed by atoms with Crippen molar-refractivity contribution in [3.63, 3.8) is 0 Å². The minimum absolute atomic E-state index is 0.804. The van der Waals surface area contributed by atoms with Crippen molar-refractivity contribution in [3.05, 3.63) is 59.6 Å². The fourth-order valence-electron chi connectivity index (χ4n) is 2.25. The van der Waals surface area contributed by atoms with Crippen LogP contribution in [0.5, 0.6) is 5.75 Å². The summed E-state index contributed by atoms with van der Waals surface area (Å²) in [6.45, 7) is 0. The summed E-state index contributed by atoms with van der Waals surface area (Å²) < 4.78 is 11.6. The lowest BCUT2D eigenvalue weighted by Gasteiger charge is -2.17. The molecule has 0 N–H and O–H groups in total. The van der Waals surface area contributed by atoms with Gasteiger partial charge in [0.1, 0.15) is 17.3 Å². The molecule has 3 rings (SSSR count). The number of hydrogen-bond donors (Lipinski definition) is 0. The van der Waals surface area contributed by atoms with Gasteiger partial charge in [-0.2, -0.15) is 11.8 Å². The molecule has 2 nitrogen and oxygen atoms in total. The maximum absolute atomic E-state index is 6.24. The lowest BCUT2D eigenvalue weighted by Crippen LogP contribution is -2.04. The van der Waals surface area contributed by atoms with Crippen molar-refractivity contribution in [1.82, 2.24) is 0 Å². The minimum atomic E-state index is 0.804. The number of methoxy groups -OCH3 is 1. The molecule has 0 unspecified atom stereocenters. The predicted octanol–water partition coefficient (Wildman–Crippen LogP) is 4.65. The number of benzene rings is 1. The standard InChI is InChI=1S/C17H18O2S2/c1-18-14-5-4-7-15-13(11-14)12-20-9-10-21-17-8-3-2-6-16(17)19-15/h2-6,8,11H,7,9-10,12H2,1H3. The molecule has 0 aromatic heterocycles. The van der Waals surface area contributed by atoms with E-state index in [1.807, 2.05) is 35.7 Å². The van der Waals surface area contributed by atoms with Crippen LogP contribution in [-0.4, -0.2) is 24.4 Å². The number of rotatable bonds is 1. The van der Waals surface area contributed by atoms with Crippen LogP contribution >= 0.6 is 23.5 Å². The van der Waals surface area contributed by atoms with Gasteiger partial charge in [0.25, 0.3) is 0 Å². The molecule has 1 aromatic carbocycles. The van der Waals surface area contributed by atoms with Crippen molar-refractivity contribution in [2.75, 3.05) is 24.4 Å². The van der Waals surface area contributed by atoms with E-state index < -0.39 is 0 Å². The summed E-state index contributed by atoms with van der Waals surface area (Å²) in [5.74, 6) is 6.09. The summed E-state index contributed by atoms with van der Waals surface area (Å²) >= 11 is 3.82. The second kappa shape index (κ2) is 7.14. The number of para-hydroxylation sites is 1. The summed E-state index contributed by atoms with van der Waals surface area (Å²) in [5, 5.41) is 0. The maximum Gasteiger partial charge on any atom is 0.140 e. The van der Waals surface area contributed by atoms with E-state index in [0.717, 1.165) is 40.9 Å². The molecule has 0 saturated heterocycles. The first-order valence-electron chi connectivity index (χ1n) is 6.98. The highest BCUT2D eigenvalue weighted by Crippen LogP contribution is 2.34. The van der Waals surface area contributed by atoms with Crippen molar-refractivity contribution in [3.8, 4) is 5.75 Å². The summed E-state index contributed by atoms with van der Waals surface area (Å²) in [5.41, 5.74) is 1.23. The third-order valence-corrected chi connectivity index (χ3v) is 5.64. The number of fused-ring (bicyclic) bond motifs is 1. The van der Waals surface area contributed by atoms with Crippen LogP contribution in [0.4, 0.5) is 0 Å². The van der Waals surface area contributed by atoms with Crippen LogP contribution < -0.4 is 4.74 Å². The Bertz CT molecular complexity index is 603. The molecular weight excluding hydrogens is 300 g/mol. The maximum atomic E-state index is 6.24. The Morgan fingerprint density at radius 3 is 3.00 bits per heavy atom. The van der Waals surface area contributed by atoms with E-state index in [1.54, 1.807) is 7.11 Å². The zero-order valence-electron chi connectivity index (χ0n) is 12.0. The molecule has 0 spiro atoms. The van der Waals surface area contributed by atoms with Gasteiger partial charge in [-0.25, -0.2) is 0 Å². The van der Waals surface area contributed by atoms with Crippen molar-refractivity contribution in [2.45, 2.75) is 11.3 Å². The molecular formula is C17H18O2S2. The van der Waals surface area contributed by atoms with Gasteiger partial charge in [-0.3, -0.25) is 0 Å². The predicted molar refractivity (Wildman–Crippen MR) is 91.0 cm³/mol. The average molecular weight is 318 g/mol. The van der Waals surface area contributed by atoms with Crippen LogP contribution in [0.3, 0.4) is 0 Å². The molecule has 0 fully saturated rings. The van der Waals surface area contributed by atoms with Crippen molar-refractivity contribution < 1.29 is 9.47 Å². The highest BCUT2D eigenvalue weighted by Gasteiger charge is 2.15. The lowest BCUT2D eigenvalue weighted by atomic mass is 10.2. The Morgan fingerprint density at radius 2 is 2.10 bits per heavy atom. The van der Waals surface area contributed by atoms with Crippen LogP contribution in [0.15, 0.2) is 64.5 Å². The van der Waals surface area contributed by atoms with E-state index in [2.05, 4.69) is 30.4 Å². The average Bonchev–Trinajstić information content (AvgIpc) is 2.71. The van der Waals surface area contributed by atoms with E-state index in [1.165, 1.54) is 10.5 Å². The fourth-order valence-corrected chi connectivity index (χ4v) is 4.31. The summed E-state index contributed by atoms with van der Waals surface area (Å²) in [6, 6.07) is 8.29. The Hall–Kier alpha value is -1.26. The van der Waals surface area contributed by atoms with E-state index in [9.17, 15) is 0 Å². The Morgan fingerprint density at radius 1 is 1.19 bits per heavy atom. The molecule has 110 valence electrons. The van der Waals surface area contributed by atoms with Crippen molar-refractivity contribution in [1.29, 1.82) is 0 Å². The molecule has 1 aliphatic carbocycles. The lowest BCUT2D eigenvalue weighted by molar-refractivity contribution is 0.306. The van der Waals surface area contributed by atoms with Crippen molar-refractivity contribution in [2.24, 2.45) is 0 Å². The highest BCUT2D eigenvalue weighted by molar-refractivity contribution is 8.03. The van der Waals surface area contributed by atoms with Crippen LogP contribution in [-0.2, 0) is 4.74 Å². The molecule has 0 amide bonds. The topological polar surface area (TPSA) is 18.5 Å². The summed E-state index contributed by atoms with van der Waals surface area (Å²) in [4.78, 5) is 1.22. The molecule has 0 atom stereocenters. The molecule has 0 radical (unpaired) electrons. The third-order valence-electron chi connectivity index (χ3n) is 3.32. The van der Waals surface area contributed by atoms with Crippen LogP contribution in [0, 0.1) is 0 Å². The monoisotopic (exact) mass is 318 g/mol. The van der Waals surface area contributed by atoms with Crippen LogP contribution in [0.25, 0.3) is 0 Å². The summed E-state index contributed by atoms with van der Waals surface area (Å²) in [7, 11) is 1.71. The molecule has 1 aromatic rings. The zero-order chi connectivity index (χ0) is 14.5. The third kappa shape index (κ3) is 3.69. The zero-order valence-corrected chi connectivity index (χ0v) is 13.6. The van der Waals surface area contributed by atoms with Gasteiger partial charge in [0, 0.05) is 29.3 Å². The fraction of sp³-hybridized carbons (Fsp3) is 0.294. The molecule has 1 aliphatic heterocycles. The van der Waals surface area contributed by atoms with E-state index in [4.69, 9.17) is 9.47 Å². The normalized spacial score (nSPS) is 18.8. The van der Waals surface area contributed by atoms with Gasteiger partial charge >= 0.3 is 0 Å². The van der Waals surface area contributed by atoms with Gasteiger partial charge in [-0.05, 0) is 24.3 Å². The van der Waals surface area contributed by atoms with E-state index in [-0.39, 0.29) is 0 Å². The van der Waals surface area contributed by atoms with Gasteiger partial charge in [-0.15, -0.1) is 11.8 Å². The number of hydrogen-bond acceptors (Lipinski definition) is 4. The molecule has 4 heteroatoms. The first-order chi connectivity index (χ1) is 10.4. The largest absolute Gasteiger partial charge is 0.497 e. The van der Waals surface area contributed by atoms with Gasteiger partial charge in [0.05, 0.1) is 12.0 Å². The van der Waals surface area contributed by atoms with Crippen molar-refractivity contribution >= 4 is 23.5 Å². The SMILES string of the molecule is COC1=CC2=C(CC=C1)Oc1ccccc1SCCSC2. The highest BCUT2D eigenvalue weighted by atomic mass is 32.2. The van der Waals surface area contributed by atoms with Crippen LogP contribution in [0.1, 0.15) is 6.42 Å². The second-order valence-corrected chi connectivity index (χ2v) is 7.00. The smallest absolute Gasteiger partial charge is 0.140 e. The molecule has 21 heavy (non-hydrogen) atoms. The molecule has 0 saturated carbocycles. The first kappa shape index (κ1) is 14.7.